The lowest BCUT2D eigenvalue weighted by molar-refractivity contribution is -0.133. The number of benzene rings is 1. The van der Waals surface area contributed by atoms with Gasteiger partial charge in [0.15, 0.2) is 5.16 Å². The summed E-state index contributed by atoms with van der Waals surface area (Å²) in [6.07, 6.45) is 0. The first-order valence-corrected chi connectivity index (χ1v) is 6.39. The number of imidazole rings is 1. The average Bonchev–Trinajstić information content (AvgIpc) is 2.64. The zero-order chi connectivity index (χ0) is 12.4. The maximum absolute atomic E-state index is 10.6. The number of carbonyl (C=O) groups is 1. The van der Waals surface area contributed by atoms with Gasteiger partial charge in [0.2, 0.25) is 0 Å². The Hall–Kier alpha value is -1.49. The molecule has 17 heavy (non-hydrogen) atoms. The van der Waals surface area contributed by atoms with Crippen LogP contribution in [0.2, 0.25) is 0 Å². The van der Waals surface area contributed by atoms with Crippen LogP contribution in [0.3, 0.4) is 0 Å². The highest BCUT2D eigenvalue weighted by Gasteiger charge is 2.14. The maximum Gasteiger partial charge on any atom is 0.313 e. The van der Waals surface area contributed by atoms with Gasteiger partial charge < -0.3 is 9.67 Å². The van der Waals surface area contributed by atoms with Gasteiger partial charge in [-0.3, -0.25) is 4.79 Å². The normalized spacial score (nSPS) is 11.2. The van der Waals surface area contributed by atoms with Crippen LogP contribution in [0.15, 0.2) is 29.4 Å². The number of hydrogen-bond acceptors (Lipinski definition) is 3. The van der Waals surface area contributed by atoms with Crippen molar-refractivity contribution in [1.29, 1.82) is 0 Å². The predicted octanol–water partition coefficient (Wildman–Crippen LogP) is 2.79. The standard InChI is InChI=1S/C12H14N2O2S/c1-8(2)14-10-6-4-3-5-9(10)13-12(14)17-7-11(15)16/h3-6,8H,7H2,1-2H3,(H,15,16). The third kappa shape index (κ3) is 2.44. The van der Waals surface area contributed by atoms with Gasteiger partial charge in [0.25, 0.3) is 0 Å². The molecule has 1 aromatic carbocycles. The molecule has 1 N–H and O–H groups in total. The van der Waals surface area contributed by atoms with Crippen LogP contribution in [-0.4, -0.2) is 26.4 Å². The van der Waals surface area contributed by atoms with E-state index in [-0.39, 0.29) is 11.8 Å². The van der Waals surface area contributed by atoms with E-state index in [0.29, 0.717) is 0 Å². The minimum Gasteiger partial charge on any atom is -0.481 e. The molecule has 0 atom stereocenters. The second-order valence-corrected chi connectivity index (χ2v) is 4.97. The number of aliphatic carboxylic acids is 1. The zero-order valence-corrected chi connectivity index (χ0v) is 10.6. The molecule has 0 radical (unpaired) electrons. The molecule has 5 heteroatoms. The number of aromatic nitrogens is 2. The monoisotopic (exact) mass is 250 g/mol. The van der Waals surface area contributed by atoms with E-state index in [1.807, 2.05) is 24.3 Å². The van der Waals surface area contributed by atoms with Gasteiger partial charge in [-0.2, -0.15) is 0 Å². The Morgan fingerprint density at radius 1 is 1.47 bits per heavy atom. The Morgan fingerprint density at radius 2 is 2.18 bits per heavy atom. The molecular formula is C12H14N2O2S. The summed E-state index contributed by atoms with van der Waals surface area (Å²) in [5.41, 5.74) is 1.96. The van der Waals surface area contributed by atoms with Gasteiger partial charge >= 0.3 is 5.97 Å². The molecule has 0 saturated heterocycles. The third-order valence-corrected chi connectivity index (χ3v) is 3.34. The lowest BCUT2D eigenvalue weighted by Crippen LogP contribution is -2.05. The molecule has 0 spiro atoms. The number of fused-ring (bicyclic) bond motifs is 1. The number of thioether (sulfide) groups is 1. The van der Waals surface area contributed by atoms with Gasteiger partial charge in [-0.15, -0.1) is 0 Å². The highest BCUT2D eigenvalue weighted by Crippen LogP contribution is 2.27. The van der Waals surface area contributed by atoms with Gasteiger partial charge in [-0.1, -0.05) is 23.9 Å². The SMILES string of the molecule is CC(C)n1c(SCC(=O)O)nc2ccccc21. The van der Waals surface area contributed by atoms with Crippen molar-refractivity contribution >= 4 is 28.8 Å². The van der Waals surface area contributed by atoms with Crippen molar-refractivity contribution in [3.63, 3.8) is 0 Å². The van der Waals surface area contributed by atoms with E-state index in [9.17, 15) is 4.79 Å². The van der Waals surface area contributed by atoms with E-state index in [1.165, 1.54) is 11.8 Å². The zero-order valence-electron chi connectivity index (χ0n) is 9.75. The largest absolute Gasteiger partial charge is 0.481 e. The molecule has 0 amide bonds. The quantitative estimate of drug-likeness (QED) is 0.848. The highest BCUT2D eigenvalue weighted by molar-refractivity contribution is 7.99. The Labute approximate surface area is 104 Å². The lowest BCUT2D eigenvalue weighted by Gasteiger charge is -2.11. The topological polar surface area (TPSA) is 55.1 Å². The summed E-state index contributed by atoms with van der Waals surface area (Å²) in [5.74, 6) is -0.784. The van der Waals surface area contributed by atoms with Crippen molar-refractivity contribution < 1.29 is 9.90 Å². The summed E-state index contributed by atoms with van der Waals surface area (Å²) < 4.78 is 2.07. The van der Waals surface area contributed by atoms with Crippen molar-refractivity contribution in [2.75, 3.05) is 5.75 Å². The van der Waals surface area contributed by atoms with Crippen molar-refractivity contribution in [2.24, 2.45) is 0 Å². The van der Waals surface area contributed by atoms with Crippen LogP contribution in [0.25, 0.3) is 11.0 Å². The molecule has 2 aromatic rings. The van der Waals surface area contributed by atoms with E-state index >= 15 is 0 Å². The van der Waals surface area contributed by atoms with Gasteiger partial charge in [-0.05, 0) is 26.0 Å². The molecule has 0 aliphatic rings. The number of para-hydroxylation sites is 2. The minimum absolute atomic E-state index is 0.0377. The molecule has 0 unspecified atom stereocenters. The maximum atomic E-state index is 10.6. The second-order valence-electron chi connectivity index (χ2n) is 4.03. The Balaban J connectivity index is 2.46. The number of nitrogens with zero attached hydrogens (tertiary/aromatic N) is 2. The van der Waals surface area contributed by atoms with Crippen molar-refractivity contribution in [3.05, 3.63) is 24.3 Å². The number of hydrogen-bond donors (Lipinski definition) is 1. The van der Waals surface area contributed by atoms with E-state index < -0.39 is 5.97 Å². The first kappa shape index (κ1) is 12.0. The summed E-state index contributed by atoms with van der Waals surface area (Å²) in [6, 6.07) is 8.12. The number of rotatable bonds is 4. The van der Waals surface area contributed by atoms with Crippen LogP contribution >= 0.6 is 11.8 Å². The van der Waals surface area contributed by atoms with E-state index in [2.05, 4.69) is 23.4 Å². The molecule has 1 aromatic heterocycles. The van der Waals surface area contributed by atoms with Crippen molar-refractivity contribution in [3.8, 4) is 0 Å². The van der Waals surface area contributed by atoms with Crippen LogP contribution < -0.4 is 0 Å². The molecule has 0 aliphatic heterocycles. The summed E-state index contributed by atoms with van der Waals surface area (Å²) in [7, 11) is 0. The van der Waals surface area contributed by atoms with E-state index in [1.54, 1.807) is 0 Å². The summed E-state index contributed by atoms with van der Waals surface area (Å²) in [5, 5.41) is 9.49. The van der Waals surface area contributed by atoms with E-state index in [0.717, 1.165) is 16.2 Å². The van der Waals surface area contributed by atoms with Crippen LogP contribution in [0, 0.1) is 0 Å². The smallest absolute Gasteiger partial charge is 0.313 e. The van der Waals surface area contributed by atoms with Crippen molar-refractivity contribution in [2.45, 2.75) is 25.0 Å². The van der Waals surface area contributed by atoms with Crippen molar-refractivity contribution in [1.82, 2.24) is 9.55 Å². The van der Waals surface area contributed by atoms with Crippen LogP contribution in [-0.2, 0) is 4.79 Å². The molecule has 0 fully saturated rings. The van der Waals surface area contributed by atoms with Gasteiger partial charge in [0.05, 0.1) is 16.8 Å². The van der Waals surface area contributed by atoms with E-state index in [4.69, 9.17) is 5.11 Å². The molecule has 0 bridgehead atoms. The minimum atomic E-state index is -0.822. The number of carboxylic acids is 1. The lowest BCUT2D eigenvalue weighted by atomic mass is 10.3. The Bertz CT molecular complexity index is 548. The fourth-order valence-corrected chi connectivity index (χ4v) is 2.61. The average molecular weight is 250 g/mol. The molecule has 2 rings (SSSR count). The summed E-state index contributed by atoms with van der Waals surface area (Å²) in [6.45, 7) is 4.14. The molecule has 90 valence electrons. The second kappa shape index (κ2) is 4.79. The summed E-state index contributed by atoms with van der Waals surface area (Å²) >= 11 is 1.26. The highest BCUT2D eigenvalue weighted by atomic mass is 32.2. The fourth-order valence-electron chi connectivity index (χ4n) is 1.75. The van der Waals surface area contributed by atoms with Gasteiger partial charge in [0, 0.05) is 6.04 Å². The van der Waals surface area contributed by atoms with Gasteiger partial charge in [0.1, 0.15) is 0 Å². The van der Waals surface area contributed by atoms with Crippen LogP contribution in [0.5, 0.6) is 0 Å². The molecule has 0 aliphatic carbocycles. The molecule has 0 saturated carbocycles. The fraction of sp³-hybridized carbons (Fsp3) is 0.333. The van der Waals surface area contributed by atoms with Crippen LogP contribution in [0.4, 0.5) is 0 Å². The first-order valence-electron chi connectivity index (χ1n) is 5.41. The van der Waals surface area contributed by atoms with Crippen LogP contribution in [0.1, 0.15) is 19.9 Å². The molecule has 4 nitrogen and oxygen atoms in total. The molecule has 1 heterocycles. The third-order valence-electron chi connectivity index (χ3n) is 2.40. The summed E-state index contributed by atoms with van der Waals surface area (Å²) in [4.78, 5) is 15.1. The first-order chi connectivity index (χ1) is 8.09. The molecular weight excluding hydrogens is 236 g/mol. The Kier molecular flexibility index (Phi) is 3.38. The number of carboxylic acid groups (broad SMARTS) is 1. The Morgan fingerprint density at radius 3 is 2.82 bits per heavy atom. The van der Waals surface area contributed by atoms with Gasteiger partial charge in [-0.25, -0.2) is 4.98 Å². The predicted molar refractivity (Wildman–Crippen MR) is 68.5 cm³/mol.